The summed E-state index contributed by atoms with van der Waals surface area (Å²) in [6.45, 7) is 19.3. The van der Waals surface area contributed by atoms with Crippen LogP contribution in [0.1, 0.15) is 156 Å². The second kappa shape index (κ2) is 37.6. The van der Waals surface area contributed by atoms with Gasteiger partial charge in [0.15, 0.2) is 13.6 Å². The molecule has 0 unspecified atom stereocenters. The fraction of sp³-hybridized carbons (Fsp3) is 0.325. The van der Waals surface area contributed by atoms with Crippen LogP contribution in [-0.4, -0.2) is 38.7 Å². The lowest BCUT2D eigenvalue weighted by molar-refractivity contribution is -0.140. The van der Waals surface area contributed by atoms with Gasteiger partial charge in [-0.3, -0.25) is 0 Å². The summed E-state index contributed by atoms with van der Waals surface area (Å²) in [6.07, 6.45) is 20.4. The fourth-order valence-corrected chi connectivity index (χ4v) is 10.9. The van der Waals surface area contributed by atoms with Gasteiger partial charge in [-0.2, -0.15) is 0 Å². The first-order valence-corrected chi connectivity index (χ1v) is 31.2. The Morgan fingerprint density at radius 2 is 0.767 bits per heavy atom. The van der Waals surface area contributed by atoms with Crippen molar-refractivity contribution >= 4 is 11.9 Å². The standard InChI is InChI=1S/2C40H41FO4/c2*1-4-36-25-33(19-22-37(36)23-20-34-21-24-38(39(41)26-34)28-44-29-43-6-3)16-13-31-10-7-30(8-11-31)9-12-32-14-17-35(18-15-32)27-45-40(42)5-2/h2*5-8,10-11,19,21-22,24-26,32,35H,2-4,9,12,14-15,17-18,27-29H2,1H3. The molecule has 6 aromatic carbocycles. The van der Waals surface area contributed by atoms with Crippen LogP contribution in [0.3, 0.4) is 0 Å². The summed E-state index contributed by atoms with van der Waals surface area (Å²) in [5.41, 5.74) is 12.6. The molecule has 8 rings (SSSR count). The highest BCUT2D eigenvalue weighted by Crippen LogP contribution is 2.33. The van der Waals surface area contributed by atoms with E-state index in [2.05, 4.69) is 148 Å². The first-order valence-electron chi connectivity index (χ1n) is 31.2. The average molecular weight is 1210 g/mol. The van der Waals surface area contributed by atoms with Gasteiger partial charge in [0.05, 0.1) is 39.0 Å². The quantitative estimate of drug-likeness (QED) is 0.0148. The predicted octanol–water partition coefficient (Wildman–Crippen LogP) is 16.6. The van der Waals surface area contributed by atoms with Crippen molar-refractivity contribution in [2.45, 2.75) is 117 Å². The molecule has 464 valence electrons. The third-order valence-electron chi connectivity index (χ3n) is 16.3. The van der Waals surface area contributed by atoms with Gasteiger partial charge in [0, 0.05) is 67.8 Å². The van der Waals surface area contributed by atoms with Gasteiger partial charge in [-0.1, -0.05) is 150 Å². The van der Waals surface area contributed by atoms with E-state index in [-0.39, 0.29) is 50.4 Å². The van der Waals surface area contributed by atoms with Crippen molar-refractivity contribution in [3.05, 3.63) is 262 Å². The molecule has 6 aromatic rings. The SMILES string of the molecule is C=COCOCc1ccc(C#Cc2ccc(C#Cc3ccc(CCC4CCC(COC(=O)C=C)CC4)cc3)cc2CC)cc1F.C=COCOCc1ccc(C#Cc2ccc(C#Cc3ccc(CCC4CCC(COC(=O)C=C)CC4)cc3)cc2CC)cc1F. The van der Waals surface area contributed by atoms with E-state index < -0.39 is 0 Å². The van der Waals surface area contributed by atoms with Gasteiger partial charge in [-0.05, 0) is 195 Å². The highest BCUT2D eigenvalue weighted by Gasteiger charge is 2.23. The molecule has 0 bridgehead atoms. The Bertz CT molecular complexity index is 3390. The smallest absolute Gasteiger partial charge is 0.330 e. The Kier molecular flexibility index (Phi) is 28.6. The zero-order valence-electron chi connectivity index (χ0n) is 52.2. The third-order valence-corrected chi connectivity index (χ3v) is 16.3. The third kappa shape index (κ3) is 23.4. The van der Waals surface area contributed by atoms with Crippen LogP contribution in [0.4, 0.5) is 8.78 Å². The maximum atomic E-state index is 14.5. The summed E-state index contributed by atoms with van der Waals surface area (Å²) in [4.78, 5) is 22.6. The molecule has 2 fully saturated rings. The molecule has 0 radical (unpaired) electrons. The van der Waals surface area contributed by atoms with Crippen molar-refractivity contribution in [2.24, 2.45) is 23.7 Å². The van der Waals surface area contributed by atoms with Crippen LogP contribution < -0.4 is 0 Å². The lowest BCUT2D eigenvalue weighted by Gasteiger charge is -2.28. The van der Waals surface area contributed by atoms with Gasteiger partial charge in [-0.15, -0.1) is 0 Å². The predicted molar refractivity (Wildman–Crippen MR) is 353 cm³/mol. The number of rotatable bonds is 24. The maximum absolute atomic E-state index is 14.5. The van der Waals surface area contributed by atoms with Crippen LogP contribution in [0, 0.1) is 82.7 Å². The Balaban J connectivity index is 0.000000256. The van der Waals surface area contributed by atoms with Crippen molar-refractivity contribution in [3.63, 3.8) is 0 Å². The molecule has 0 spiro atoms. The number of halogens is 2. The van der Waals surface area contributed by atoms with Gasteiger partial charge in [0.2, 0.25) is 0 Å². The number of aryl methyl sites for hydroxylation is 4. The maximum Gasteiger partial charge on any atom is 0.330 e. The van der Waals surface area contributed by atoms with E-state index in [9.17, 15) is 18.4 Å². The monoisotopic (exact) mass is 1210 g/mol. The molecule has 2 aliphatic rings. The summed E-state index contributed by atoms with van der Waals surface area (Å²) in [7, 11) is 0. The molecular weight excluding hydrogens is 1130 g/mol. The second-order valence-electron chi connectivity index (χ2n) is 22.6. The molecule has 0 aromatic heterocycles. The highest BCUT2D eigenvalue weighted by atomic mass is 19.1. The second-order valence-corrected chi connectivity index (χ2v) is 22.6. The van der Waals surface area contributed by atoms with Crippen LogP contribution in [0.15, 0.2) is 172 Å². The van der Waals surface area contributed by atoms with Crippen LogP contribution in [0.25, 0.3) is 0 Å². The van der Waals surface area contributed by atoms with Crippen molar-refractivity contribution in [2.75, 3.05) is 26.8 Å². The molecule has 2 saturated carbocycles. The minimum Gasteiger partial charge on any atom is -0.476 e. The van der Waals surface area contributed by atoms with E-state index in [0.29, 0.717) is 47.3 Å². The highest BCUT2D eigenvalue weighted by molar-refractivity contribution is 5.81. The normalized spacial score (nSPS) is 15.5. The first-order chi connectivity index (χ1) is 43.9. The minimum atomic E-state index is -0.362. The van der Waals surface area contributed by atoms with E-state index in [1.54, 1.807) is 24.3 Å². The Labute approximate surface area is 532 Å². The number of esters is 2. The van der Waals surface area contributed by atoms with Crippen LogP contribution in [0.2, 0.25) is 0 Å². The molecule has 0 atom stereocenters. The molecule has 0 aliphatic heterocycles. The molecular formula is C80H82F2O8. The summed E-state index contributed by atoms with van der Waals surface area (Å²) in [6, 6.07) is 39.0. The molecule has 90 heavy (non-hydrogen) atoms. The molecule has 0 heterocycles. The lowest BCUT2D eigenvalue weighted by atomic mass is 9.80. The number of hydrogen-bond acceptors (Lipinski definition) is 8. The van der Waals surface area contributed by atoms with Crippen molar-refractivity contribution < 1.29 is 46.8 Å². The molecule has 0 amide bonds. The van der Waals surface area contributed by atoms with Crippen molar-refractivity contribution in [1.29, 1.82) is 0 Å². The van der Waals surface area contributed by atoms with E-state index in [1.807, 2.05) is 24.3 Å². The van der Waals surface area contributed by atoms with Crippen molar-refractivity contribution in [1.82, 2.24) is 0 Å². The number of ether oxygens (including phenoxy) is 6. The number of carbonyl (C=O) groups is 2. The molecule has 10 heteroatoms. The lowest BCUT2D eigenvalue weighted by Crippen LogP contribution is -2.20. The zero-order chi connectivity index (χ0) is 63.7. The average Bonchev–Trinajstić information content (AvgIpc) is 2.80. The van der Waals surface area contributed by atoms with E-state index >= 15 is 0 Å². The topological polar surface area (TPSA) is 89.5 Å². The van der Waals surface area contributed by atoms with E-state index in [0.717, 1.165) is 108 Å². The summed E-state index contributed by atoms with van der Waals surface area (Å²) < 4.78 is 59.7. The van der Waals surface area contributed by atoms with Gasteiger partial charge in [0.25, 0.3) is 0 Å². The largest absolute Gasteiger partial charge is 0.476 e. The van der Waals surface area contributed by atoms with Crippen LogP contribution in [0.5, 0.6) is 0 Å². The fourth-order valence-electron chi connectivity index (χ4n) is 10.9. The zero-order valence-corrected chi connectivity index (χ0v) is 52.2. The van der Waals surface area contributed by atoms with Crippen LogP contribution >= 0.6 is 0 Å². The number of carbonyl (C=O) groups excluding carboxylic acids is 2. The molecule has 0 N–H and O–H groups in total. The van der Waals surface area contributed by atoms with Gasteiger partial charge >= 0.3 is 11.9 Å². The first kappa shape index (κ1) is 68.3. The van der Waals surface area contributed by atoms with Gasteiger partial charge in [-0.25, -0.2) is 18.4 Å². The van der Waals surface area contributed by atoms with Gasteiger partial charge < -0.3 is 28.4 Å². The minimum absolute atomic E-state index is 0.0275. The van der Waals surface area contributed by atoms with Crippen molar-refractivity contribution in [3.8, 4) is 47.4 Å². The number of hydrogen-bond donors (Lipinski definition) is 0. The summed E-state index contributed by atoms with van der Waals surface area (Å²) >= 11 is 0. The number of benzene rings is 6. The Hall–Kier alpha value is -9.16. The molecule has 2 aliphatic carbocycles. The summed E-state index contributed by atoms with van der Waals surface area (Å²) in [5, 5.41) is 0. The summed E-state index contributed by atoms with van der Waals surface area (Å²) in [5.74, 6) is 26.8. The molecule has 8 nitrogen and oxygen atoms in total. The van der Waals surface area contributed by atoms with E-state index in [1.165, 1.54) is 86.5 Å². The Morgan fingerprint density at radius 1 is 0.433 bits per heavy atom. The Morgan fingerprint density at radius 3 is 1.12 bits per heavy atom. The van der Waals surface area contributed by atoms with E-state index in [4.69, 9.17) is 28.4 Å². The van der Waals surface area contributed by atoms with Crippen LogP contribution in [-0.2, 0) is 76.9 Å². The molecule has 0 saturated heterocycles. The van der Waals surface area contributed by atoms with Gasteiger partial charge in [0.1, 0.15) is 11.6 Å².